The number of hydrogen-bond donors (Lipinski definition) is 2. The average Bonchev–Trinajstić information content (AvgIpc) is 3.61. The number of carbonyl (C=O) groups excluding carboxylic acids is 5. The molecule has 246 valence electrons. The summed E-state index contributed by atoms with van der Waals surface area (Å²) >= 11 is 0. The second-order valence-electron chi connectivity index (χ2n) is 12.5. The second kappa shape index (κ2) is 13.2. The zero-order valence-corrected chi connectivity index (χ0v) is 27.5. The molecule has 2 unspecified atom stereocenters. The van der Waals surface area contributed by atoms with E-state index in [0.29, 0.717) is 23.9 Å². The highest BCUT2D eigenvalue weighted by atomic mass is 32.2. The van der Waals surface area contributed by atoms with Gasteiger partial charge in [0.2, 0.25) is 15.8 Å². The summed E-state index contributed by atoms with van der Waals surface area (Å²) in [6.45, 7) is 8.70. The minimum atomic E-state index is -3.85. The molecule has 0 saturated carbocycles. The molecule has 0 radical (unpaired) electrons. The van der Waals surface area contributed by atoms with E-state index in [9.17, 15) is 32.4 Å². The number of amides is 5. The number of aromatic nitrogens is 1. The maximum Gasteiger partial charge on any atom is 0.434 e. The molecule has 2 aromatic carbocycles. The standard InChI is InChI=1S/C32H39N5O8S/c1-18(2)25(33)31(41)37(17-9-10-20(37)5)32(42)36(30(40)22-15-13-21(14-16-22)28(39)35-46(6,43)44)26(19(3)4)27(38)29-34-23-11-7-8-12-24(23)45-29/h7-8,11-16,18-20,25-26H,9-10,17,33H2,1-6H3/p+1/t20-,25+,26?,37?/m1/s1. The molecule has 2 heterocycles. The van der Waals surface area contributed by atoms with Crippen LogP contribution in [0.5, 0.6) is 0 Å². The number of ketones is 1. The van der Waals surface area contributed by atoms with Gasteiger partial charge in [0.25, 0.3) is 17.7 Å². The topological polar surface area (TPSA) is 187 Å². The Balaban J connectivity index is 1.87. The Bertz CT molecular complexity index is 1750. The van der Waals surface area contributed by atoms with Gasteiger partial charge >= 0.3 is 11.9 Å². The highest BCUT2D eigenvalue weighted by Gasteiger charge is 2.59. The molecular weight excluding hydrogens is 614 g/mol. The number of rotatable bonds is 9. The van der Waals surface area contributed by atoms with Crippen LogP contribution >= 0.6 is 0 Å². The summed E-state index contributed by atoms with van der Waals surface area (Å²) in [4.78, 5) is 75.2. The zero-order valence-electron chi connectivity index (χ0n) is 26.7. The molecule has 1 fully saturated rings. The number of sulfonamides is 1. The van der Waals surface area contributed by atoms with Crippen LogP contribution in [0.3, 0.4) is 0 Å². The van der Waals surface area contributed by atoms with Gasteiger partial charge in [-0.15, -0.1) is 0 Å². The molecule has 3 N–H and O–H groups in total. The predicted octanol–water partition coefficient (Wildman–Crippen LogP) is 3.50. The third kappa shape index (κ3) is 6.64. The molecule has 1 aliphatic heterocycles. The number of hydrogen-bond acceptors (Lipinski definition) is 10. The van der Waals surface area contributed by atoms with E-state index in [4.69, 9.17) is 10.2 Å². The minimum Gasteiger partial charge on any atom is -0.434 e. The van der Waals surface area contributed by atoms with Gasteiger partial charge < -0.3 is 10.2 Å². The Labute approximate surface area is 267 Å². The lowest BCUT2D eigenvalue weighted by molar-refractivity contribution is -0.788. The normalized spacial score (nSPS) is 19.6. The van der Waals surface area contributed by atoms with Crippen LogP contribution in [0, 0.1) is 11.8 Å². The number of fused-ring (bicyclic) bond motifs is 1. The van der Waals surface area contributed by atoms with Crippen molar-refractivity contribution in [1.82, 2.24) is 14.6 Å². The van der Waals surface area contributed by atoms with Gasteiger partial charge in [-0.3, -0.25) is 14.4 Å². The van der Waals surface area contributed by atoms with Crippen LogP contribution in [0.2, 0.25) is 0 Å². The highest BCUT2D eigenvalue weighted by Crippen LogP contribution is 2.34. The lowest BCUT2D eigenvalue weighted by Gasteiger charge is -2.40. The maximum absolute atomic E-state index is 14.9. The van der Waals surface area contributed by atoms with E-state index in [1.165, 1.54) is 24.3 Å². The number of urea groups is 1. The first kappa shape index (κ1) is 34.6. The van der Waals surface area contributed by atoms with Crippen molar-refractivity contribution in [3.8, 4) is 0 Å². The van der Waals surface area contributed by atoms with Crippen LogP contribution in [-0.4, -0.2) is 83.2 Å². The summed E-state index contributed by atoms with van der Waals surface area (Å²) < 4.78 is 29.9. The fourth-order valence-corrected chi connectivity index (χ4v) is 6.27. The number of likely N-dealkylation sites (tertiary alicyclic amines) is 1. The first-order valence-electron chi connectivity index (χ1n) is 15.1. The number of Topliss-reactive ketones (excluding diaryl/α,β-unsaturated/α-hetero) is 1. The van der Waals surface area contributed by atoms with Gasteiger partial charge in [0.1, 0.15) is 23.6 Å². The number of para-hydroxylation sites is 2. The average molecular weight is 655 g/mol. The van der Waals surface area contributed by atoms with Crippen molar-refractivity contribution in [2.45, 2.75) is 65.6 Å². The van der Waals surface area contributed by atoms with E-state index in [1.54, 1.807) is 58.9 Å². The summed E-state index contributed by atoms with van der Waals surface area (Å²) in [5, 5.41) is 0. The van der Waals surface area contributed by atoms with Gasteiger partial charge in [-0.05, 0) is 55.2 Å². The Morgan fingerprint density at radius 2 is 1.59 bits per heavy atom. The van der Waals surface area contributed by atoms with Crippen molar-refractivity contribution < 1.29 is 41.3 Å². The van der Waals surface area contributed by atoms with Gasteiger partial charge in [0.05, 0.1) is 12.8 Å². The largest absolute Gasteiger partial charge is 0.434 e. The fraction of sp³-hybridized carbons (Fsp3) is 0.438. The van der Waals surface area contributed by atoms with Crippen molar-refractivity contribution in [2.24, 2.45) is 17.6 Å². The number of nitrogens with zero attached hydrogens (tertiary/aromatic N) is 3. The van der Waals surface area contributed by atoms with E-state index in [2.05, 4.69) is 4.98 Å². The molecule has 0 spiro atoms. The van der Waals surface area contributed by atoms with Crippen LogP contribution in [0.1, 0.15) is 78.9 Å². The number of oxazole rings is 1. The molecule has 4 atom stereocenters. The van der Waals surface area contributed by atoms with E-state index < -0.39 is 68.1 Å². The number of imide groups is 2. The van der Waals surface area contributed by atoms with Crippen molar-refractivity contribution in [3.63, 3.8) is 0 Å². The van der Waals surface area contributed by atoms with Crippen molar-refractivity contribution in [2.75, 3.05) is 12.8 Å². The van der Waals surface area contributed by atoms with Gasteiger partial charge in [-0.1, -0.05) is 39.8 Å². The van der Waals surface area contributed by atoms with Crippen molar-refractivity contribution in [3.05, 3.63) is 65.5 Å². The Morgan fingerprint density at radius 1 is 0.978 bits per heavy atom. The molecule has 1 saturated heterocycles. The highest BCUT2D eigenvalue weighted by molar-refractivity contribution is 7.89. The third-order valence-electron chi connectivity index (χ3n) is 8.40. The summed E-state index contributed by atoms with van der Waals surface area (Å²) in [7, 11) is -3.85. The van der Waals surface area contributed by atoms with Crippen molar-refractivity contribution >= 4 is 50.7 Å². The van der Waals surface area contributed by atoms with Crippen LogP contribution in [-0.2, 0) is 14.8 Å². The Morgan fingerprint density at radius 3 is 2.11 bits per heavy atom. The lowest BCUT2D eigenvalue weighted by Crippen LogP contribution is -2.70. The number of nitrogens with two attached hydrogens (primary N) is 1. The monoisotopic (exact) mass is 654 g/mol. The Kier molecular flexibility index (Phi) is 9.95. The van der Waals surface area contributed by atoms with Crippen LogP contribution in [0.25, 0.3) is 11.1 Å². The fourth-order valence-electron chi connectivity index (χ4n) is 5.81. The summed E-state index contributed by atoms with van der Waals surface area (Å²) in [6, 6.07) is 7.82. The van der Waals surface area contributed by atoms with Gasteiger partial charge in [-0.25, -0.2) is 32.6 Å². The van der Waals surface area contributed by atoms with Crippen LogP contribution in [0.15, 0.2) is 52.9 Å². The smallest absolute Gasteiger partial charge is 0.434 e. The van der Waals surface area contributed by atoms with E-state index >= 15 is 0 Å². The van der Waals surface area contributed by atoms with Crippen LogP contribution in [0.4, 0.5) is 4.79 Å². The van der Waals surface area contributed by atoms with E-state index in [-0.39, 0.29) is 29.5 Å². The van der Waals surface area contributed by atoms with Crippen molar-refractivity contribution in [1.29, 1.82) is 0 Å². The van der Waals surface area contributed by atoms with Gasteiger partial charge in [0, 0.05) is 24.0 Å². The molecule has 46 heavy (non-hydrogen) atoms. The maximum atomic E-state index is 14.9. The lowest BCUT2D eigenvalue weighted by atomic mass is 9.96. The molecule has 0 bridgehead atoms. The number of benzene rings is 2. The molecule has 13 nitrogen and oxygen atoms in total. The molecule has 1 aliphatic rings. The molecule has 0 aliphatic carbocycles. The molecule has 5 amide bonds. The molecular formula is C32H40N5O8S+. The van der Waals surface area contributed by atoms with Gasteiger partial charge in [-0.2, -0.15) is 4.48 Å². The van der Waals surface area contributed by atoms with Crippen LogP contribution < -0.4 is 10.5 Å². The first-order valence-corrected chi connectivity index (χ1v) is 17.0. The van der Waals surface area contributed by atoms with Gasteiger partial charge in [0.15, 0.2) is 5.58 Å². The SMILES string of the molecule is CC(C)C(C(=O)c1nc2ccccc2o1)N(C(=O)c1ccc(C(=O)NS(C)(=O)=O)cc1)C(=O)[N+]1(C(=O)[C@@H](N)C(C)C)CCC[C@H]1C. The second-order valence-corrected chi connectivity index (χ2v) is 14.2. The number of nitrogens with one attached hydrogen (secondary N) is 1. The quantitative estimate of drug-likeness (QED) is 0.255. The Hall–Kier alpha value is -4.27. The number of carbonyl (C=O) groups is 5. The zero-order chi connectivity index (χ0) is 34.1. The van der Waals surface area contributed by atoms with E-state index in [1.807, 2.05) is 4.72 Å². The molecule has 1 aromatic heterocycles. The third-order valence-corrected chi connectivity index (χ3v) is 8.96. The molecule has 4 rings (SSSR count). The summed E-state index contributed by atoms with van der Waals surface area (Å²) in [5.74, 6) is -4.35. The predicted molar refractivity (Wildman–Crippen MR) is 169 cm³/mol. The summed E-state index contributed by atoms with van der Waals surface area (Å²) in [5.41, 5.74) is 6.96. The molecule has 14 heteroatoms. The minimum absolute atomic E-state index is 0.0578. The first-order chi connectivity index (χ1) is 21.5. The number of quaternary nitrogens is 1. The molecule has 3 aromatic rings. The summed E-state index contributed by atoms with van der Waals surface area (Å²) in [6.07, 6.45) is 1.86. The van der Waals surface area contributed by atoms with E-state index in [0.717, 1.165) is 11.2 Å².